The number of aromatic nitrogens is 4. The van der Waals surface area contributed by atoms with Crippen molar-refractivity contribution in [2.45, 2.75) is 19.3 Å². The molecule has 2 N–H and O–H groups in total. The van der Waals surface area contributed by atoms with Gasteiger partial charge in [-0.3, -0.25) is 4.79 Å². The summed E-state index contributed by atoms with van der Waals surface area (Å²) in [6.45, 7) is 2.44. The van der Waals surface area contributed by atoms with Gasteiger partial charge in [0.2, 0.25) is 5.91 Å². The van der Waals surface area contributed by atoms with E-state index < -0.39 is 5.92 Å². The number of para-hydroxylation sites is 1. The fraction of sp³-hybridized carbons (Fsp3) is 0.300. The van der Waals surface area contributed by atoms with Crippen molar-refractivity contribution < 1.29 is 19.0 Å². The highest BCUT2D eigenvalue weighted by Gasteiger charge is 2.27. The van der Waals surface area contributed by atoms with E-state index in [9.17, 15) is 4.79 Å². The van der Waals surface area contributed by atoms with Crippen LogP contribution in [-0.2, 0) is 11.2 Å². The second-order valence-electron chi connectivity index (χ2n) is 6.13. The number of nitrogens with one attached hydrogen (secondary N) is 2. The predicted octanol–water partition coefficient (Wildman–Crippen LogP) is 2.58. The molecular weight excluding hydrogens is 374 g/mol. The van der Waals surface area contributed by atoms with E-state index in [1.807, 2.05) is 31.2 Å². The highest BCUT2D eigenvalue weighted by Crippen LogP contribution is 2.34. The van der Waals surface area contributed by atoms with Crippen molar-refractivity contribution in [2.24, 2.45) is 0 Å². The summed E-state index contributed by atoms with van der Waals surface area (Å²) in [7, 11) is 3.13. The molecule has 3 rings (SSSR count). The first-order valence-corrected chi connectivity index (χ1v) is 9.13. The van der Waals surface area contributed by atoms with Crippen LogP contribution in [0.25, 0.3) is 0 Å². The smallest absolute Gasteiger partial charge is 0.235 e. The van der Waals surface area contributed by atoms with Crippen molar-refractivity contribution in [1.82, 2.24) is 20.6 Å². The van der Waals surface area contributed by atoms with E-state index >= 15 is 0 Å². The summed E-state index contributed by atoms with van der Waals surface area (Å²) in [5, 5.41) is 16.9. The maximum absolute atomic E-state index is 13.1. The van der Waals surface area contributed by atoms with Crippen molar-refractivity contribution in [3.05, 3.63) is 53.9 Å². The number of methoxy groups -OCH3 is 2. The van der Waals surface area contributed by atoms with Gasteiger partial charge in [0.25, 0.3) is 0 Å². The van der Waals surface area contributed by atoms with Crippen LogP contribution >= 0.6 is 0 Å². The Balaban J connectivity index is 1.87. The van der Waals surface area contributed by atoms with Crippen LogP contribution < -0.4 is 19.5 Å². The Hall–Kier alpha value is -3.62. The third-order valence-corrected chi connectivity index (χ3v) is 4.31. The minimum absolute atomic E-state index is 0.273. The van der Waals surface area contributed by atoms with Crippen molar-refractivity contribution in [2.75, 3.05) is 26.1 Å². The van der Waals surface area contributed by atoms with Gasteiger partial charge in [-0.1, -0.05) is 23.4 Å². The molecule has 0 aliphatic heterocycles. The number of H-pyrrole nitrogens is 1. The van der Waals surface area contributed by atoms with Gasteiger partial charge in [-0.05, 0) is 37.1 Å². The van der Waals surface area contributed by atoms with Crippen LogP contribution in [0.3, 0.4) is 0 Å². The molecule has 152 valence electrons. The van der Waals surface area contributed by atoms with Crippen LogP contribution in [0.2, 0.25) is 0 Å². The van der Waals surface area contributed by atoms with E-state index in [-0.39, 0.29) is 11.7 Å². The molecule has 1 heterocycles. The van der Waals surface area contributed by atoms with Gasteiger partial charge in [0.05, 0.1) is 20.8 Å². The van der Waals surface area contributed by atoms with Gasteiger partial charge < -0.3 is 19.5 Å². The number of rotatable bonds is 9. The number of carbonyl (C=O) groups excluding carboxylic acids is 1. The molecule has 29 heavy (non-hydrogen) atoms. The summed E-state index contributed by atoms with van der Waals surface area (Å²) >= 11 is 0. The normalized spacial score (nSPS) is 11.6. The molecule has 1 amide bonds. The molecule has 1 atom stereocenters. The Morgan fingerprint density at radius 1 is 1.17 bits per heavy atom. The zero-order chi connectivity index (χ0) is 20.6. The van der Waals surface area contributed by atoms with E-state index in [1.54, 1.807) is 32.4 Å². The lowest BCUT2D eigenvalue weighted by molar-refractivity contribution is -0.117. The lowest BCUT2D eigenvalue weighted by Crippen LogP contribution is -2.24. The molecule has 0 spiro atoms. The average molecular weight is 397 g/mol. The summed E-state index contributed by atoms with van der Waals surface area (Å²) in [6, 6.07) is 12.7. The molecule has 9 nitrogen and oxygen atoms in total. The fourth-order valence-corrected chi connectivity index (χ4v) is 3.01. The van der Waals surface area contributed by atoms with Crippen molar-refractivity contribution in [3.8, 4) is 17.2 Å². The second kappa shape index (κ2) is 9.54. The van der Waals surface area contributed by atoms with Gasteiger partial charge in [-0.25, -0.2) is 0 Å². The molecule has 0 bridgehead atoms. The molecule has 0 saturated heterocycles. The number of nitrogens with zero attached hydrogens (tertiary/aromatic N) is 3. The number of benzene rings is 2. The lowest BCUT2D eigenvalue weighted by atomic mass is 9.96. The van der Waals surface area contributed by atoms with Crippen LogP contribution in [0.15, 0.2) is 42.5 Å². The van der Waals surface area contributed by atoms with E-state index in [4.69, 9.17) is 14.2 Å². The first-order chi connectivity index (χ1) is 14.2. The van der Waals surface area contributed by atoms with Crippen LogP contribution in [0.5, 0.6) is 17.2 Å². The number of carbonyl (C=O) groups is 1. The van der Waals surface area contributed by atoms with Crippen molar-refractivity contribution in [1.29, 1.82) is 0 Å². The van der Waals surface area contributed by atoms with Gasteiger partial charge in [0.15, 0.2) is 17.3 Å². The number of ether oxygens (including phenoxy) is 3. The Morgan fingerprint density at radius 3 is 2.69 bits per heavy atom. The first kappa shape index (κ1) is 20.1. The summed E-state index contributed by atoms with van der Waals surface area (Å²) < 4.78 is 16.3. The van der Waals surface area contributed by atoms with Crippen molar-refractivity contribution in [3.63, 3.8) is 0 Å². The average Bonchev–Trinajstić information content (AvgIpc) is 3.26. The summed E-state index contributed by atoms with van der Waals surface area (Å²) in [5.74, 6) is 1.15. The Kier molecular flexibility index (Phi) is 6.62. The van der Waals surface area contributed by atoms with E-state index in [1.165, 1.54) is 0 Å². The molecule has 0 saturated carbocycles. The summed E-state index contributed by atoms with van der Waals surface area (Å²) in [5.41, 5.74) is 1.41. The highest BCUT2D eigenvalue weighted by atomic mass is 16.5. The maximum atomic E-state index is 13.1. The SMILES string of the molecule is CCOc1cccc(NC(=O)[C@@H](Cc2cccc(OC)c2OC)c2nn[nH]n2)c1. The van der Waals surface area contributed by atoms with Gasteiger partial charge in [-0.15, -0.1) is 10.2 Å². The van der Waals surface area contributed by atoms with Crippen LogP contribution in [0.4, 0.5) is 5.69 Å². The third kappa shape index (κ3) is 4.81. The minimum atomic E-state index is -0.689. The minimum Gasteiger partial charge on any atom is -0.494 e. The number of anilines is 1. The molecule has 2 aromatic carbocycles. The Labute approximate surface area is 168 Å². The predicted molar refractivity (Wildman–Crippen MR) is 106 cm³/mol. The van der Waals surface area contributed by atoms with Crippen LogP contribution in [-0.4, -0.2) is 47.4 Å². The fourth-order valence-electron chi connectivity index (χ4n) is 3.01. The topological polar surface area (TPSA) is 111 Å². The first-order valence-electron chi connectivity index (χ1n) is 9.13. The van der Waals surface area contributed by atoms with Gasteiger partial charge in [-0.2, -0.15) is 5.21 Å². The summed E-state index contributed by atoms with van der Waals surface area (Å²) in [4.78, 5) is 13.1. The van der Waals surface area contributed by atoms with E-state index in [2.05, 4.69) is 25.9 Å². The highest BCUT2D eigenvalue weighted by molar-refractivity contribution is 5.95. The third-order valence-electron chi connectivity index (χ3n) is 4.31. The van der Waals surface area contributed by atoms with Crippen LogP contribution in [0.1, 0.15) is 24.2 Å². The maximum Gasteiger partial charge on any atom is 0.235 e. The molecule has 9 heteroatoms. The lowest BCUT2D eigenvalue weighted by Gasteiger charge is -2.17. The van der Waals surface area contributed by atoms with E-state index in [0.717, 1.165) is 5.56 Å². The largest absolute Gasteiger partial charge is 0.494 e. The molecule has 0 fully saturated rings. The zero-order valence-corrected chi connectivity index (χ0v) is 16.5. The molecular formula is C20H23N5O4. The molecule has 0 radical (unpaired) electrons. The Bertz CT molecular complexity index is 946. The molecule has 1 aromatic heterocycles. The zero-order valence-electron chi connectivity index (χ0n) is 16.5. The standard InChI is InChI=1S/C20H23N5O4/c1-4-29-15-9-6-8-14(12-15)21-20(26)16(19-22-24-25-23-19)11-13-7-5-10-17(27-2)18(13)28-3/h5-10,12,16H,4,11H2,1-3H3,(H,21,26)(H,22,23,24,25)/t16-/m0/s1. The molecule has 3 aromatic rings. The van der Waals surface area contributed by atoms with Gasteiger partial charge >= 0.3 is 0 Å². The van der Waals surface area contributed by atoms with Crippen molar-refractivity contribution >= 4 is 11.6 Å². The number of tetrazole rings is 1. The quantitative estimate of drug-likeness (QED) is 0.571. The molecule has 0 aliphatic rings. The second-order valence-corrected chi connectivity index (χ2v) is 6.13. The van der Waals surface area contributed by atoms with Crippen LogP contribution in [0, 0.1) is 0 Å². The monoisotopic (exact) mass is 397 g/mol. The molecule has 0 unspecified atom stereocenters. The number of hydrogen-bond acceptors (Lipinski definition) is 7. The van der Waals surface area contributed by atoms with E-state index in [0.29, 0.717) is 36.0 Å². The summed E-state index contributed by atoms with van der Waals surface area (Å²) in [6.07, 6.45) is 0.302. The number of aromatic amines is 1. The number of amides is 1. The Morgan fingerprint density at radius 2 is 2.00 bits per heavy atom. The van der Waals surface area contributed by atoms with Gasteiger partial charge in [0, 0.05) is 11.8 Å². The number of hydrogen-bond donors (Lipinski definition) is 2. The van der Waals surface area contributed by atoms with Gasteiger partial charge in [0.1, 0.15) is 11.7 Å². The molecule has 0 aliphatic carbocycles.